The summed E-state index contributed by atoms with van der Waals surface area (Å²) in [7, 11) is 0. The third kappa shape index (κ3) is 6.09. The van der Waals surface area contributed by atoms with E-state index in [1.807, 2.05) is 11.8 Å². The second-order valence-electron chi connectivity index (χ2n) is 5.09. The molecule has 0 aliphatic heterocycles. The second kappa shape index (κ2) is 9.20. The lowest BCUT2D eigenvalue weighted by atomic mass is 9.74. The fourth-order valence-electron chi connectivity index (χ4n) is 2.46. The van der Waals surface area contributed by atoms with Gasteiger partial charge in [-0.05, 0) is 25.0 Å². The molecule has 0 aromatic rings. The SMILES string of the molecule is OCCCSCCNCC1(CO)CCCCC1. The summed E-state index contributed by atoms with van der Waals surface area (Å²) in [6, 6.07) is 0. The number of hydrogen-bond donors (Lipinski definition) is 3. The Bertz CT molecular complexity index is 184. The second-order valence-corrected chi connectivity index (χ2v) is 6.31. The Morgan fingerprint density at radius 3 is 2.47 bits per heavy atom. The number of aliphatic hydroxyl groups excluding tert-OH is 2. The van der Waals surface area contributed by atoms with Crippen LogP contribution in [-0.2, 0) is 0 Å². The van der Waals surface area contributed by atoms with Crippen molar-refractivity contribution >= 4 is 11.8 Å². The van der Waals surface area contributed by atoms with E-state index < -0.39 is 0 Å². The van der Waals surface area contributed by atoms with Gasteiger partial charge in [0.2, 0.25) is 0 Å². The smallest absolute Gasteiger partial charge is 0.0499 e. The molecule has 3 nitrogen and oxygen atoms in total. The lowest BCUT2D eigenvalue weighted by Crippen LogP contribution is -2.39. The van der Waals surface area contributed by atoms with Crippen molar-refractivity contribution < 1.29 is 10.2 Å². The van der Waals surface area contributed by atoms with Crippen molar-refractivity contribution in [3.8, 4) is 0 Å². The molecule has 1 saturated carbocycles. The largest absolute Gasteiger partial charge is 0.396 e. The van der Waals surface area contributed by atoms with E-state index in [2.05, 4.69) is 5.32 Å². The van der Waals surface area contributed by atoms with Crippen molar-refractivity contribution in [2.24, 2.45) is 5.41 Å². The van der Waals surface area contributed by atoms with Gasteiger partial charge < -0.3 is 15.5 Å². The molecular formula is C13H27NO2S. The van der Waals surface area contributed by atoms with Crippen molar-refractivity contribution in [2.45, 2.75) is 38.5 Å². The van der Waals surface area contributed by atoms with Crippen LogP contribution in [0.15, 0.2) is 0 Å². The van der Waals surface area contributed by atoms with E-state index in [0.29, 0.717) is 13.2 Å². The van der Waals surface area contributed by atoms with Crippen LogP contribution in [-0.4, -0.2) is 48.0 Å². The highest BCUT2D eigenvalue weighted by Gasteiger charge is 2.30. The molecule has 0 saturated heterocycles. The maximum atomic E-state index is 9.54. The van der Waals surface area contributed by atoms with Crippen LogP contribution in [0.2, 0.25) is 0 Å². The van der Waals surface area contributed by atoms with Gasteiger partial charge in [-0.15, -0.1) is 0 Å². The van der Waals surface area contributed by atoms with Crippen LogP contribution < -0.4 is 5.32 Å². The first-order chi connectivity index (χ1) is 8.33. The lowest BCUT2D eigenvalue weighted by molar-refractivity contribution is 0.0820. The molecule has 1 aliphatic carbocycles. The fourth-order valence-corrected chi connectivity index (χ4v) is 3.29. The highest BCUT2D eigenvalue weighted by Crippen LogP contribution is 2.35. The van der Waals surface area contributed by atoms with Crippen LogP contribution in [0.3, 0.4) is 0 Å². The molecule has 0 spiro atoms. The number of rotatable bonds is 9. The zero-order chi connectivity index (χ0) is 12.4. The first kappa shape index (κ1) is 15.3. The first-order valence-electron chi connectivity index (χ1n) is 6.83. The standard InChI is InChI=1S/C13H27NO2S/c15-8-4-9-17-10-7-14-11-13(12-16)5-2-1-3-6-13/h14-16H,1-12H2. The van der Waals surface area contributed by atoms with Gasteiger partial charge in [0.25, 0.3) is 0 Å². The Labute approximate surface area is 109 Å². The lowest BCUT2D eigenvalue weighted by Gasteiger charge is -2.35. The van der Waals surface area contributed by atoms with E-state index in [9.17, 15) is 5.11 Å². The van der Waals surface area contributed by atoms with Gasteiger partial charge in [-0.2, -0.15) is 11.8 Å². The molecule has 102 valence electrons. The maximum Gasteiger partial charge on any atom is 0.0499 e. The predicted octanol–water partition coefficient (Wildman–Crippen LogP) is 1.63. The van der Waals surface area contributed by atoms with Gasteiger partial charge in [0.1, 0.15) is 0 Å². The van der Waals surface area contributed by atoms with E-state index in [4.69, 9.17) is 5.11 Å². The van der Waals surface area contributed by atoms with Crippen molar-refractivity contribution in [2.75, 3.05) is 37.8 Å². The number of aliphatic hydroxyl groups is 2. The number of nitrogens with one attached hydrogen (secondary N) is 1. The summed E-state index contributed by atoms with van der Waals surface area (Å²) in [6.45, 7) is 2.60. The van der Waals surface area contributed by atoms with E-state index in [1.165, 1.54) is 32.1 Å². The van der Waals surface area contributed by atoms with Gasteiger partial charge in [0.15, 0.2) is 0 Å². The van der Waals surface area contributed by atoms with Crippen molar-refractivity contribution in [1.29, 1.82) is 0 Å². The zero-order valence-electron chi connectivity index (χ0n) is 10.8. The molecule has 1 rings (SSSR count). The van der Waals surface area contributed by atoms with Crippen LogP contribution in [0.4, 0.5) is 0 Å². The van der Waals surface area contributed by atoms with Crippen molar-refractivity contribution in [3.63, 3.8) is 0 Å². The van der Waals surface area contributed by atoms with E-state index in [0.717, 1.165) is 31.0 Å². The summed E-state index contributed by atoms with van der Waals surface area (Å²) < 4.78 is 0. The van der Waals surface area contributed by atoms with E-state index in [1.54, 1.807) is 0 Å². The molecule has 0 atom stereocenters. The topological polar surface area (TPSA) is 52.5 Å². The average Bonchev–Trinajstić information content (AvgIpc) is 2.39. The minimum absolute atomic E-state index is 0.161. The van der Waals surface area contributed by atoms with Crippen molar-refractivity contribution in [3.05, 3.63) is 0 Å². The Morgan fingerprint density at radius 2 is 1.82 bits per heavy atom. The summed E-state index contributed by atoms with van der Waals surface area (Å²) >= 11 is 1.89. The minimum atomic E-state index is 0.161. The highest BCUT2D eigenvalue weighted by molar-refractivity contribution is 7.99. The quantitative estimate of drug-likeness (QED) is 0.552. The van der Waals surface area contributed by atoms with Gasteiger partial charge in [-0.25, -0.2) is 0 Å². The van der Waals surface area contributed by atoms with E-state index in [-0.39, 0.29) is 5.41 Å². The molecule has 0 aromatic carbocycles. The van der Waals surface area contributed by atoms with E-state index >= 15 is 0 Å². The van der Waals surface area contributed by atoms with Crippen LogP contribution in [0.25, 0.3) is 0 Å². The normalized spacial score (nSPS) is 19.4. The molecule has 4 heteroatoms. The van der Waals surface area contributed by atoms with Crippen LogP contribution >= 0.6 is 11.8 Å². The molecule has 1 fully saturated rings. The fraction of sp³-hybridized carbons (Fsp3) is 1.00. The maximum absolute atomic E-state index is 9.54. The molecule has 0 heterocycles. The van der Waals surface area contributed by atoms with Gasteiger partial charge in [0.05, 0.1) is 0 Å². The molecule has 0 amide bonds. The van der Waals surface area contributed by atoms with Gasteiger partial charge >= 0.3 is 0 Å². The summed E-state index contributed by atoms with van der Waals surface area (Å²) in [4.78, 5) is 0. The molecule has 0 aromatic heterocycles. The van der Waals surface area contributed by atoms with Gasteiger partial charge in [0, 0.05) is 37.5 Å². The van der Waals surface area contributed by atoms with Crippen molar-refractivity contribution in [1.82, 2.24) is 5.32 Å². The van der Waals surface area contributed by atoms with Gasteiger partial charge in [-0.1, -0.05) is 19.3 Å². The number of hydrogen-bond acceptors (Lipinski definition) is 4. The summed E-state index contributed by atoms with van der Waals surface area (Å²) in [6.07, 6.45) is 7.12. The van der Waals surface area contributed by atoms with Gasteiger partial charge in [-0.3, -0.25) is 0 Å². The summed E-state index contributed by atoms with van der Waals surface area (Å²) in [5.74, 6) is 2.14. The molecule has 0 bridgehead atoms. The molecule has 0 radical (unpaired) electrons. The molecule has 0 unspecified atom stereocenters. The third-order valence-electron chi connectivity index (χ3n) is 3.62. The predicted molar refractivity (Wildman–Crippen MR) is 74.5 cm³/mol. The Kier molecular flexibility index (Phi) is 8.27. The molecular weight excluding hydrogens is 234 g/mol. The molecule has 17 heavy (non-hydrogen) atoms. The minimum Gasteiger partial charge on any atom is -0.396 e. The Balaban J connectivity index is 2.03. The Hall–Kier alpha value is 0.230. The van der Waals surface area contributed by atoms with Crippen LogP contribution in [0.5, 0.6) is 0 Å². The van der Waals surface area contributed by atoms with Crippen LogP contribution in [0, 0.1) is 5.41 Å². The zero-order valence-corrected chi connectivity index (χ0v) is 11.6. The summed E-state index contributed by atoms with van der Waals surface area (Å²) in [5, 5.41) is 21.7. The third-order valence-corrected chi connectivity index (χ3v) is 4.69. The van der Waals surface area contributed by atoms with Crippen LogP contribution in [0.1, 0.15) is 38.5 Å². The summed E-state index contributed by atoms with van der Waals surface area (Å²) in [5.41, 5.74) is 0.161. The molecule has 1 aliphatic rings. The average molecular weight is 261 g/mol. The Morgan fingerprint density at radius 1 is 1.06 bits per heavy atom. The highest BCUT2D eigenvalue weighted by atomic mass is 32.2. The number of thioether (sulfide) groups is 1. The first-order valence-corrected chi connectivity index (χ1v) is 7.99. The molecule has 3 N–H and O–H groups in total. The monoisotopic (exact) mass is 261 g/mol.